The first-order valence-corrected chi connectivity index (χ1v) is 10.3. The summed E-state index contributed by atoms with van der Waals surface area (Å²) in [6, 6.07) is 10.0. The second kappa shape index (κ2) is 7.88. The van der Waals surface area contributed by atoms with Gasteiger partial charge in [0, 0.05) is 52.5 Å². The van der Waals surface area contributed by atoms with E-state index in [1.807, 2.05) is 38.1 Å². The molecule has 29 heavy (non-hydrogen) atoms. The van der Waals surface area contributed by atoms with Gasteiger partial charge in [-0.05, 0) is 71.6 Å². The first-order chi connectivity index (χ1) is 14.0. The van der Waals surface area contributed by atoms with Crippen molar-refractivity contribution in [3.05, 3.63) is 63.5 Å². The molecule has 1 atom stereocenters. The number of fused-ring (bicyclic) bond motifs is 3. The lowest BCUT2D eigenvalue weighted by Crippen LogP contribution is -2.37. The molecule has 1 aliphatic carbocycles. The lowest BCUT2D eigenvalue weighted by molar-refractivity contribution is 0.112. The van der Waals surface area contributed by atoms with Gasteiger partial charge in [-0.3, -0.25) is 4.98 Å². The molecule has 148 valence electrons. The Bertz CT molecular complexity index is 1130. The Hall–Kier alpha value is -2.85. The van der Waals surface area contributed by atoms with Crippen LogP contribution >= 0.6 is 15.9 Å². The van der Waals surface area contributed by atoms with E-state index in [4.69, 9.17) is 4.74 Å². The third kappa shape index (κ3) is 3.85. The summed E-state index contributed by atoms with van der Waals surface area (Å²) in [5, 5.41) is 13.4. The van der Waals surface area contributed by atoms with Crippen LogP contribution < -0.4 is 5.32 Å². The molecule has 3 aromatic rings. The fourth-order valence-corrected chi connectivity index (χ4v) is 4.34. The van der Waals surface area contributed by atoms with Crippen molar-refractivity contribution >= 4 is 32.9 Å². The van der Waals surface area contributed by atoms with E-state index < -0.39 is 0 Å². The van der Waals surface area contributed by atoms with Crippen LogP contribution in [0.4, 0.5) is 4.79 Å². The first kappa shape index (κ1) is 19.5. The molecule has 1 aromatic carbocycles. The van der Waals surface area contributed by atoms with Gasteiger partial charge in [0.25, 0.3) is 0 Å². The second-order valence-corrected chi connectivity index (χ2v) is 8.38. The van der Waals surface area contributed by atoms with Crippen LogP contribution in [0, 0.1) is 11.3 Å². The highest BCUT2D eigenvalue weighted by Crippen LogP contribution is 2.35. The summed E-state index contributed by atoms with van der Waals surface area (Å²) in [7, 11) is 0. The van der Waals surface area contributed by atoms with Crippen molar-refractivity contribution in [2.45, 2.75) is 45.4 Å². The molecule has 0 saturated carbocycles. The normalized spacial score (nSPS) is 15.3. The van der Waals surface area contributed by atoms with Gasteiger partial charge in [-0.2, -0.15) is 5.26 Å². The fourth-order valence-electron chi connectivity index (χ4n) is 3.96. The first-order valence-electron chi connectivity index (χ1n) is 9.56. The van der Waals surface area contributed by atoms with Crippen LogP contribution in [-0.2, 0) is 24.1 Å². The highest BCUT2D eigenvalue weighted by Gasteiger charge is 2.30. The highest BCUT2D eigenvalue weighted by atomic mass is 79.9. The second-order valence-electron chi connectivity index (χ2n) is 7.53. The summed E-state index contributed by atoms with van der Waals surface area (Å²) < 4.78 is 8.48. The maximum atomic E-state index is 12.1. The van der Waals surface area contributed by atoms with Crippen molar-refractivity contribution in [2.75, 3.05) is 0 Å². The predicted octanol–water partition coefficient (Wildman–Crippen LogP) is 4.32. The van der Waals surface area contributed by atoms with Crippen LogP contribution in [0.15, 0.2) is 41.1 Å². The Morgan fingerprint density at radius 3 is 2.97 bits per heavy atom. The minimum Gasteiger partial charge on any atom is -0.447 e. The van der Waals surface area contributed by atoms with Gasteiger partial charge in [-0.1, -0.05) is 0 Å². The molecule has 0 radical (unpaired) electrons. The van der Waals surface area contributed by atoms with Crippen LogP contribution in [0.3, 0.4) is 0 Å². The number of aromatic nitrogens is 2. The minimum absolute atomic E-state index is 0.0199. The molecule has 1 aliphatic rings. The average Bonchev–Trinajstić information content (AvgIpc) is 3.20. The van der Waals surface area contributed by atoms with E-state index in [-0.39, 0.29) is 18.2 Å². The van der Waals surface area contributed by atoms with Crippen molar-refractivity contribution in [3.63, 3.8) is 0 Å². The van der Waals surface area contributed by atoms with Crippen LogP contribution in [0.25, 0.3) is 10.9 Å². The number of halogens is 1. The quantitative estimate of drug-likeness (QED) is 0.638. The smallest absolute Gasteiger partial charge is 0.407 e. The third-order valence-corrected chi connectivity index (χ3v) is 5.87. The number of hydrogen-bond donors (Lipinski definition) is 1. The van der Waals surface area contributed by atoms with E-state index in [0.29, 0.717) is 12.1 Å². The van der Waals surface area contributed by atoms with Crippen LogP contribution in [0.5, 0.6) is 0 Å². The van der Waals surface area contributed by atoms with Gasteiger partial charge in [0.05, 0.1) is 17.7 Å². The Morgan fingerprint density at radius 2 is 2.24 bits per heavy atom. The molecule has 0 fully saturated rings. The molecule has 0 aliphatic heterocycles. The summed E-state index contributed by atoms with van der Waals surface area (Å²) in [5.41, 5.74) is 5.24. The van der Waals surface area contributed by atoms with Crippen LogP contribution in [-0.4, -0.2) is 27.8 Å². The van der Waals surface area contributed by atoms with Gasteiger partial charge >= 0.3 is 6.09 Å². The van der Waals surface area contributed by atoms with Crippen molar-refractivity contribution in [1.82, 2.24) is 14.9 Å². The van der Waals surface area contributed by atoms with Gasteiger partial charge in [0.2, 0.25) is 0 Å². The maximum Gasteiger partial charge on any atom is 0.407 e. The summed E-state index contributed by atoms with van der Waals surface area (Å²) >= 11 is 3.58. The maximum absolute atomic E-state index is 12.1. The number of carbonyl (C=O) groups excluding carboxylic acids is 1. The van der Waals surface area contributed by atoms with Gasteiger partial charge in [-0.15, -0.1) is 0 Å². The number of nitriles is 1. The minimum atomic E-state index is -0.388. The predicted molar refractivity (Wildman–Crippen MR) is 114 cm³/mol. The van der Waals surface area contributed by atoms with E-state index in [1.165, 1.54) is 11.3 Å². The molecule has 7 heteroatoms. The molecule has 1 unspecified atom stereocenters. The zero-order valence-electron chi connectivity index (χ0n) is 16.3. The molecular weight excluding hydrogens is 432 g/mol. The summed E-state index contributed by atoms with van der Waals surface area (Å²) in [6.07, 6.45) is 4.48. The number of alkyl carbamates (subject to hydrolysis) is 1. The number of benzene rings is 1. The topological polar surface area (TPSA) is 79.9 Å². The molecule has 2 heterocycles. The molecule has 1 amide bonds. The van der Waals surface area contributed by atoms with Gasteiger partial charge < -0.3 is 14.6 Å². The molecule has 0 spiro atoms. The Kier molecular flexibility index (Phi) is 5.29. The van der Waals surface area contributed by atoms with Crippen molar-refractivity contribution in [1.29, 1.82) is 5.26 Å². The van der Waals surface area contributed by atoms with E-state index in [1.54, 1.807) is 12.4 Å². The van der Waals surface area contributed by atoms with E-state index in [2.05, 4.69) is 36.9 Å². The fraction of sp³-hybridized carbons (Fsp3) is 0.318. The van der Waals surface area contributed by atoms with Crippen LogP contribution in [0.2, 0.25) is 0 Å². The molecule has 1 N–H and O–H groups in total. The number of rotatable bonds is 4. The Balaban J connectivity index is 1.72. The lowest BCUT2D eigenvalue weighted by Gasteiger charge is -2.16. The van der Waals surface area contributed by atoms with Crippen LogP contribution in [0.1, 0.15) is 36.2 Å². The largest absolute Gasteiger partial charge is 0.447 e. The number of nitrogens with zero attached hydrogens (tertiary/aromatic N) is 3. The lowest BCUT2D eigenvalue weighted by atomic mass is 10.1. The molecule has 6 nitrogen and oxygen atoms in total. The van der Waals surface area contributed by atoms with Crippen molar-refractivity contribution in [3.8, 4) is 6.07 Å². The van der Waals surface area contributed by atoms with Gasteiger partial charge in [-0.25, -0.2) is 4.79 Å². The molecular formula is C22H21BrN4O2. The number of carbonyl (C=O) groups is 1. The van der Waals surface area contributed by atoms with Gasteiger partial charge in [0.15, 0.2) is 0 Å². The van der Waals surface area contributed by atoms with Crippen molar-refractivity contribution in [2.24, 2.45) is 0 Å². The SMILES string of the molecule is CC(C)OC(=O)NC1Cc2c(n(Cc3ccncc3Br)c3ccc(C#N)cc23)C1. The summed E-state index contributed by atoms with van der Waals surface area (Å²) in [5.74, 6) is 0. The summed E-state index contributed by atoms with van der Waals surface area (Å²) in [6.45, 7) is 4.35. The monoisotopic (exact) mass is 452 g/mol. The van der Waals surface area contributed by atoms with Crippen molar-refractivity contribution < 1.29 is 9.53 Å². The van der Waals surface area contributed by atoms with E-state index >= 15 is 0 Å². The standard InChI is InChI=1S/C22H21BrN4O2/c1-13(2)29-22(28)26-16-8-18-17-7-14(10-24)3-4-20(17)27(21(18)9-16)12-15-5-6-25-11-19(15)23/h3-7,11,13,16H,8-9,12H2,1-2H3,(H,26,28). The molecule has 4 rings (SSSR count). The molecule has 0 bridgehead atoms. The third-order valence-electron chi connectivity index (χ3n) is 5.16. The highest BCUT2D eigenvalue weighted by molar-refractivity contribution is 9.10. The number of amides is 1. The number of ether oxygens (including phenoxy) is 1. The van der Waals surface area contributed by atoms with E-state index in [9.17, 15) is 10.1 Å². The number of pyridine rings is 1. The zero-order valence-corrected chi connectivity index (χ0v) is 17.9. The average molecular weight is 453 g/mol. The Labute approximate surface area is 177 Å². The van der Waals surface area contributed by atoms with Gasteiger partial charge in [0.1, 0.15) is 0 Å². The number of hydrogen-bond acceptors (Lipinski definition) is 4. The molecule has 0 saturated heterocycles. The van der Waals surface area contributed by atoms with E-state index in [0.717, 1.165) is 33.8 Å². The zero-order chi connectivity index (χ0) is 20.5. The summed E-state index contributed by atoms with van der Waals surface area (Å²) in [4.78, 5) is 16.2. The Morgan fingerprint density at radius 1 is 1.41 bits per heavy atom. The molecule has 2 aromatic heterocycles. The number of nitrogens with one attached hydrogen (secondary N) is 1.